The number of halogens is 1. The van der Waals surface area contributed by atoms with Crippen LogP contribution in [-0.4, -0.2) is 11.7 Å². The molecule has 108 valence electrons. The van der Waals surface area contributed by atoms with Crippen LogP contribution in [0.3, 0.4) is 0 Å². The summed E-state index contributed by atoms with van der Waals surface area (Å²) in [6.07, 6.45) is 2.02. The highest BCUT2D eigenvalue weighted by atomic mass is 19.1. The first-order valence-corrected chi connectivity index (χ1v) is 6.81. The van der Waals surface area contributed by atoms with Crippen molar-refractivity contribution in [2.45, 2.75) is 13.1 Å². The Morgan fingerprint density at radius 1 is 1.10 bits per heavy atom. The van der Waals surface area contributed by atoms with Gasteiger partial charge in [-0.25, -0.2) is 4.39 Å². The summed E-state index contributed by atoms with van der Waals surface area (Å²) in [5.41, 5.74) is 8.69. The van der Waals surface area contributed by atoms with E-state index in [9.17, 15) is 4.39 Å². The van der Waals surface area contributed by atoms with Gasteiger partial charge in [-0.15, -0.1) is 0 Å². The summed E-state index contributed by atoms with van der Waals surface area (Å²) in [5, 5.41) is 1.12. The number of hydrogen-bond acceptors (Lipinski definition) is 2. The van der Waals surface area contributed by atoms with E-state index in [2.05, 4.69) is 4.57 Å². The van der Waals surface area contributed by atoms with Crippen molar-refractivity contribution in [3.05, 3.63) is 65.6 Å². The summed E-state index contributed by atoms with van der Waals surface area (Å²) < 4.78 is 20.6. The van der Waals surface area contributed by atoms with Gasteiger partial charge in [0.15, 0.2) is 0 Å². The number of nitrogens with two attached hydrogens (primary N) is 1. The van der Waals surface area contributed by atoms with E-state index in [4.69, 9.17) is 10.5 Å². The molecule has 0 bridgehead atoms. The molecule has 2 aromatic carbocycles. The Morgan fingerprint density at radius 3 is 2.71 bits per heavy atom. The monoisotopic (exact) mass is 284 g/mol. The summed E-state index contributed by atoms with van der Waals surface area (Å²) in [7, 11) is 1.66. The maximum absolute atomic E-state index is 13.3. The van der Waals surface area contributed by atoms with Crippen LogP contribution in [0.2, 0.25) is 0 Å². The van der Waals surface area contributed by atoms with Crippen LogP contribution >= 0.6 is 0 Å². The third-order valence-corrected chi connectivity index (χ3v) is 3.71. The molecule has 0 spiro atoms. The Morgan fingerprint density at radius 2 is 1.95 bits per heavy atom. The van der Waals surface area contributed by atoms with E-state index in [1.54, 1.807) is 13.2 Å². The SMILES string of the molecule is COc1ccc2c(ccn2Cc2ccc(F)cc2CN)c1. The van der Waals surface area contributed by atoms with Gasteiger partial charge in [0, 0.05) is 30.2 Å². The highest BCUT2D eigenvalue weighted by molar-refractivity contribution is 5.81. The van der Waals surface area contributed by atoms with Crippen LogP contribution in [0.1, 0.15) is 11.1 Å². The first-order chi connectivity index (χ1) is 10.2. The van der Waals surface area contributed by atoms with Crippen LogP contribution in [0.15, 0.2) is 48.7 Å². The van der Waals surface area contributed by atoms with Gasteiger partial charge in [-0.2, -0.15) is 0 Å². The first kappa shape index (κ1) is 13.6. The largest absolute Gasteiger partial charge is 0.497 e. The van der Waals surface area contributed by atoms with Crippen LogP contribution in [-0.2, 0) is 13.1 Å². The standard InChI is InChI=1S/C17H17FN2O/c1-21-16-4-5-17-12(9-16)6-7-20(17)11-13-2-3-15(18)8-14(13)10-19/h2-9H,10-11,19H2,1H3. The average molecular weight is 284 g/mol. The van der Waals surface area contributed by atoms with Crippen LogP contribution in [0.25, 0.3) is 10.9 Å². The number of nitrogens with zero attached hydrogens (tertiary/aromatic N) is 1. The Labute approximate surface area is 122 Å². The normalized spacial score (nSPS) is 11.0. The molecule has 3 nitrogen and oxygen atoms in total. The molecule has 1 aromatic heterocycles. The van der Waals surface area contributed by atoms with Gasteiger partial charge < -0.3 is 15.0 Å². The van der Waals surface area contributed by atoms with Crippen molar-refractivity contribution in [2.24, 2.45) is 5.73 Å². The van der Waals surface area contributed by atoms with Crippen molar-refractivity contribution in [3.8, 4) is 5.75 Å². The molecule has 0 saturated carbocycles. The molecule has 4 heteroatoms. The fraction of sp³-hybridized carbons (Fsp3) is 0.176. The molecule has 0 radical (unpaired) electrons. The first-order valence-electron chi connectivity index (χ1n) is 6.81. The van der Waals surface area contributed by atoms with E-state index in [0.717, 1.165) is 27.8 Å². The second-order valence-corrected chi connectivity index (χ2v) is 4.99. The number of aromatic nitrogens is 1. The van der Waals surface area contributed by atoms with Gasteiger partial charge in [-0.05, 0) is 47.5 Å². The lowest BCUT2D eigenvalue weighted by atomic mass is 10.1. The van der Waals surface area contributed by atoms with Gasteiger partial charge in [0.2, 0.25) is 0 Å². The van der Waals surface area contributed by atoms with Crippen molar-refractivity contribution in [1.82, 2.24) is 4.57 Å². The lowest BCUT2D eigenvalue weighted by molar-refractivity contribution is 0.415. The maximum atomic E-state index is 13.3. The van der Waals surface area contributed by atoms with Crippen LogP contribution in [0.5, 0.6) is 5.75 Å². The van der Waals surface area contributed by atoms with Crippen LogP contribution in [0, 0.1) is 5.82 Å². The molecule has 0 aliphatic heterocycles. The molecule has 2 N–H and O–H groups in total. The van der Waals surface area contributed by atoms with E-state index < -0.39 is 0 Å². The Balaban J connectivity index is 1.98. The van der Waals surface area contributed by atoms with Gasteiger partial charge in [0.25, 0.3) is 0 Å². The van der Waals surface area contributed by atoms with Crippen molar-refractivity contribution in [3.63, 3.8) is 0 Å². The Bertz CT molecular complexity index is 780. The summed E-state index contributed by atoms with van der Waals surface area (Å²) >= 11 is 0. The number of hydrogen-bond donors (Lipinski definition) is 1. The number of benzene rings is 2. The molecular weight excluding hydrogens is 267 g/mol. The second kappa shape index (κ2) is 5.58. The quantitative estimate of drug-likeness (QED) is 0.798. The summed E-state index contributed by atoms with van der Waals surface area (Å²) in [6, 6.07) is 12.8. The molecule has 0 fully saturated rings. The van der Waals surface area contributed by atoms with Crippen molar-refractivity contribution in [2.75, 3.05) is 7.11 Å². The smallest absolute Gasteiger partial charge is 0.123 e. The predicted octanol–water partition coefficient (Wildman–Crippen LogP) is 3.30. The van der Waals surface area contributed by atoms with E-state index in [0.29, 0.717) is 13.1 Å². The van der Waals surface area contributed by atoms with E-state index in [-0.39, 0.29) is 5.82 Å². The zero-order valence-corrected chi connectivity index (χ0v) is 11.8. The van der Waals surface area contributed by atoms with Gasteiger partial charge >= 0.3 is 0 Å². The fourth-order valence-electron chi connectivity index (χ4n) is 2.57. The average Bonchev–Trinajstić information content (AvgIpc) is 2.91. The van der Waals surface area contributed by atoms with Gasteiger partial charge in [-0.3, -0.25) is 0 Å². The molecule has 3 aromatic rings. The Kier molecular flexibility index (Phi) is 3.62. The summed E-state index contributed by atoms with van der Waals surface area (Å²) in [6.45, 7) is 1.00. The van der Waals surface area contributed by atoms with Crippen LogP contribution < -0.4 is 10.5 Å². The zero-order chi connectivity index (χ0) is 14.8. The minimum absolute atomic E-state index is 0.249. The van der Waals surface area contributed by atoms with Crippen molar-refractivity contribution >= 4 is 10.9 Å². The zero-order valence-electron chi connectivity index (χ0n) is 11.8. The highest BCUT2D eigenvalue weighted by Gasteiger charge is 2.07. The molecule has 0 aliphatic carbocycles. The van der Waals surface area contributed by atoms with Gasteiger partial charge in [-0.1, -0.05) is 6.07 Å². The Hall–Kier alpha value is -2.33. The molecule has 3 rings (SSSR count). The van der Waals surface area contributed by atoms with E-state index in [1.807, 2.05) is 30.5 Å². The van der Waals surface area contributed by atoms with Crippen molar-refractivity contribution < 1.29 is 9.13 Å². The molecule has 0 atom stereocenters. The third kappa shape index (κ3) is 2.62. The van der Waals surface area contributed by atoms with Gasteiger partial charge in [0.05, 0.1) is 7.11 Å². The number of rotatable bonds is 4. The summed E-state index contributed by atoms with van der Waals surface area (Å²) in [5.74, 6) is 0.589. The maximum Gasteiger partial charge on any atom is 0.123 e. The topological polar surface area (TPSA) is 40.2 Å². The third-order valence-electron chi connectivity index (χ3n) is 3.71. The molecular formula is C17H17FN2O. The second-order valence-electron chi connectivity index (χ2n) is 4.99. The molecule has 0 aliphatic rings. The molecule has 21 heavy (non-hydrogen) atoms. The number of fused-ring (bicyclic) bond motifs is 1. The molecule has 0 amide bonds. The molecule has 0 saturated heterocycles. The van der Waals surface area contributed by atoms with Crippen LogP contribution in [0.4, 0.5) is 4.39 Å². The van der Waals surface area contributed by atoms with E-state index in [1.165, 1.54) is 12.1 Å². The highest BCUT2D eigenvalue weighted by Crippen LogP contribution is 2.23. The van der Waals surface area contributed by atoms with Crippen molar-refractivity contribution in [1.29, 1.82) is 0 Å². The minimum atomic E-state index is -0.249. The molecule has 1 heterocycles. The lowest BCUT2D eigenvalue weighted by Crippen LogP contribution is -2.06. The fourth-order valence-corrected chi connectivity index (χ4v) is 2.57. The minimum Gasteiger partial charge on any atom is -0.497 e. The van der Waals surface area contributed by atoms with E-state index >= 15 is 0 Å². The lowest BCUT2D eigenvalue weighted by Gasteiger charge is -2.10. The number of ether oxygens (including phenoxy) is 1. The number of methoxy groups -OCH3 is 1. The predicted molar refractivity (Wildman–Crippen MR) is 81.9 cm³/mol. The van der Waals surface area contributed by atoms with Gasteiger partial charge in [0.1, 0.15) is 11.6 Å². The molecule has 0 unspecified atom stereocenters. The summed E-state index contributed by atoms with van der Waals surface area (Å²) in [4.78, 5) is 0.